The first-order chi connectivity index (χ1) is 6.77. The lowest BCUT2D eigenvalue weighted by atomic mass is 10.1. The van der Waals surface area contributed by atoms with E-state index in [0.29, 0.717) is 11.4 Å². The van der Waals surface area contributed by atoms with Crippen molar-refractivity contribution in [2.75, 3.05) is 0 Å². The van der Waals surface area contributed by atoms with Gasteiger partial charge in [0.15, 0.2) is 0 Å². The lowest BCUT2D eigenvalue weighted by Gasteiger charge is -2.00. The van der Waals surface area contributed by atoms with Crippen LogP contribution in [0.3, 0.4) is 0 Å². The number of benzene rings is 1. The van der Waals surface area contributed by atoms with Crippen LogP contribution in [0.2, 0.25) is 0 Å². The molecule has 14 heavy (non-hydrogen) atoms. The van der Waals surface area contributed by atoms with Gasteiger partial charge in [-0.15, -0.1) is 35.6 Å². The Balaban J connectivity index is 2.85. The number of halogens is 1. The lowest BCUT2D eigenvalue weighted by molar-refractivity contribution is 1.40. The van der Waals surface area contributed by atoms with Gasteiger partial charge in [-0.1, -0.05) is 0 Å². The maximum Gasteiger partial charge on any atom is 0.100 e. The fourth-order valence-corrected chi connectivity index (χ4v) is 3.10. The van der Waals surface area contributed by atoms with E-state index in [9.17, 15) is 0 Å². The Morgan fingerprint density at radius 2 is 2.29 bits per heavy atom. The van der Waals surface area contributed by atoms with Crippen LogP contribution in [-0.4, -0.2) is 0 Å². The van der Waals surface area contributed by atoms with Crippen LogP contribution in [-0.2, 0) is 5.88 Å². The van der Waals surface area contributed by atoms with Gasteiger partial charge in [-0.05, 0) is 23.1 Å². The second-order valence-corrected chi connectivity index (χ2v) is 4.47. The number of thiol groups is 1. The molecule has 1 nitrogen and oxygen atoms in total. The number of hydrogen-bond donors (Lipinski definition) is 1. The minimum atomic E-state index is 0.461. The highest BCUT2D eigenvalue weighted by Gasteiger charge is 2.09. The average Bonchev–Trinajstić information content (AvgIpc) is 2.62. The summed E-state index contributed by atoms with van der Waals surface area (Å²) in [4.78, 5) is 0.738. The van der Waals surface area contributed by atoms with Crippen molar-refractivity contribution in [1.29, 1.82) is 5.26 Å². The summed E-state index contributed by atoms with van der Waals surface area (Å²) in [5, 5.41) is 11.9. The maximum absolute atomic E-state index is 8.85. The predicted molar refractivity (Wildman–Crippen MR) is 63.3 cm³/mol. The highest BCUT2D eigenvalue weighted by atomic mass is 35.5. The van der Waals surface area contributed by atoms with Gasteiger partial charge in [-0.2, -0.15) is 5.26 Å². The third-order valence-electron chi connectivity index (χ3n) is 2.05. The fraction of sp³-hybridized carbons (Fsp3) is 0.100. The average molecular weight is 240 g/mol. The maximum atomic E-state index is 8.85. The minimum absolute atomic E-state index is 0.461. The molecule has 2 rings (SSSR count). The number of fused-ring (bicyclic) bond motifs is 1. The van der Waals surface area contributed by atoms with Crippen molar-refractivity contribution in [1.82, 2.24) is 0 Å². The second-order valence-electron chi connectivity index (χ2n) is 2.84. The Bertz CT molecular complexity index is 525. The molecule has 0 aliphatic carbocycles. The molecule has 0 saturated carbocycles. The van der Waals surface area contributed by atoms with Gasteiger partial charge < -0.3 is 0 Å². The Kier molecular flexibility index (Phi) is 2.69. The summed E-state index contributed by atoms with van der Waals surface area (Å²) in [5.41, 5.74) is 1.65. The number of rotatable bonds is 1. The molecule has 0 spiro atoms. The van der Waals surface area contributed by atoms with E-state index in [-0.39, 0.29) is 0 Å². The molecule has 1 heterocycles. The summed E-state index contributed by atoms with van der Waals surface area (Å²) in [6, 6.07) is 5.84. The highest BCUT2D eigenvalue weighted by molar-refractivity contribution is 7.80. The number of hydrogen-bond acceptors (Lipinski definition) is 3. The zero-order valence-corrected chi connectivity index (χ0v) is 9.59. The lowest BCUT2D eigenvalue weighted by Crippen LogP contribution is -1.81. The second kappa shape index (κ2) is 3.82. The molecule has 2 aromatic rings. The van der Waals surface area contributed by atoms with E-state index in [1.54, 1.807) is 17.4 Å². The van der Waals surface area contributed by atoms with Crippen molar-refractivity contribution in [2.45, 2.75) is 10.8 Å². The van der Waals surface area contributed by atoms with Gasteiger partial charge in [0, 0.05) is 20.9 Å². The van der Waals surface area contributed by atoms with E-state index in [0.717, 1.165) is 20.5 Å². The molecule has 70 valence electrons. The van der Waals surface area contributed by atoms with Crippen LogP contribution >= 0.6 is 35.6 Å². The van der Waals surface area contributed by atoms with Crippen molar-refractivity contribution in [3.63, 3.8) is 0 Å². The van der Waals surface area contributed by atoms with Crippen molar-refractivity contribution in [3.05, 3.63) is 28.6 Å². The summed E-state index contributed by atoms with van der Waals surface area (Å²) in [6.07, 6.45) is 0. The molecule has 0 radical (unpaired) electrons. The minimum Gasteiger partial charge on any atom is -0.192 e. The number of nitriles is 1. The standard InChI is InChI=1S/C10H6ClNS2/c11-3-7-5-14-8-2-1-6(4-12)10(13)9(7)8/h1-2,5,13H,3H2. The zero-order valence-electron chi connectivity index (χ0n) is 7.12. The zero-order chi connectivity index (χ0) is 10.1. The van der Waals surface area contributed by atoms with Crippen molar-refractivity contribution in [3.8, 4) is 6.07 Å². The molecule has 0 aliphatic rings. The Hall–Kier alpha value is -0.690. The summed E-state index contributed by atoms with van der Waals surface area (Å²) in [6.45, 7) is 0. The molecular weight excluding hydrogens is 234 g/mol. The van der Waals surface area contributed by atoms with E-state index in [1.165, 1.54) is 0 Å². The van der Waals surface area contributed by atoms with Crippen LogP contribution in [0.1, 0.15) is 11.1 Å². The molecule has 0 amide bonds. The van der Waals surface area contributed by atoms with Gasteiger partial charge in [0.25, 0.3) is 0 Å². The number of nitrogens with zero attached hydrogens (tertiary/aromatic N) is 1. The van der Waals surface area contributed by atoms with Crippen molar-refractivity contribution < 1.29 is 0 Å². The van der Waals surface area contributed by atoms with E-state index in [1.807, 2.05) is 11.4 Å². The quantitative estimate of drug-likeness (QED) is 0.594. The molecule has 0 N–H and O–H groups in total. The molecule has 4 heteroatoms. The molecule has 0 atom stereocenters. The van der Waals surface area contributed by atoms with E-state index < -0.39 is 0 Å². The van der Waals surface area contributed by atoms with Gasteiger partial charge in [0.05, 0.1) is 5.56 Å². The molecule has 0 unspecified atom stereocenters. The third kappa shape index (κ3) is 1.40. The van der Waals surface area contributed by atoms with Crippen molar-refractivity contribution >= 4 is 45.7 Å². The third-order valence-corrected chi connectivity index (χ3v) is 3.80. The smallest absolute Gasteiger partial charge is 0.100 e. The van der Waals surface area contributed by atoms with Crippen LogP contribution in [0.15, 0.2) is 22.4 Å². The molecule has 0 saturated heterocycles. The molecule has 0 aliphatic heterocycles. The molecule has 0 bridgehead atoms. The van der Waals surface area contributed by atoms with Gasteiger partial charge in [0.1, 0.15) is 6.07 Å². The highest BCUT2D eigenvalue weighted by Crippen LogP contribution is 2.33. The first-order valence-electron chi connectivity index (χ1n) is 3.96. The summed E-state index contributed by atoms with van der Waals surface area (Å²) < 4.78 is 1.13. The normalized spacial score (nSPS) is 10.4. The van der Waals surface area contributed by atoms with Gasteiger partial charge in [-0.25, -0.2) is 0 Å². The summed E-state index contributed by atoms with van der Waals surface area (Å²) in [5.74, 6) is 0.461. The van der Waals surface area contributed by atoms with Crippen LogP contribution in [0.25, 0.3) is 10.1 Å². The van der Waals surface area contributed by atoms with Crippen molar-refractivity contribution in [2.24, 2.45) is 0 Å². The topological polar surface area (TPSA) is 23.8 Å². The Morgan fingerprint density at radius 1 is 1.50 bits per heavy atom. The van der Waals surface area contributed by atoms with E-state index in [2.05, 4.69) is 18.7 Å². The largest absolute Gasteiger partial charge is 0.192 e. The van der Waals surface area contributed by atoms with Gasteiger partial charge in [-0.3, -0.25) is 0 Å². The predicted octanol–water partition coefficient (Wildman–Crippen LogP) is 3.80. The monoisotopic (exact) mass is 239 g/mol. The molecule has 0 fully saturated rings. The Labute approximate surface area is 96.3 Å². The van der Waals surface area contributed by atoms with E-state index >= 15 is 0 Å². The molecule has 1 aromatic carbocycles. The van der Waals surface area contributed by atoms with Gasteiger partial charge in [0.2, 0.25) is 0 Å². The van der Waals surface area contributed by atoms with Crippen LogP contribution in [0, 0.1) is 11.3 Å². The van der Waals surface area contributed by atoms with Crippen LogP contribution < -0.4 is 0 Å². The summed E-state index contributed by atoms with van der Waals surface area (Å²) in [7, 11) is 0. The van der Waals surface area contributed by atoms with E-state index in [4.69, 9.17) is 16.9 Å². The first kappa shape index (κ1) is 9.85. The van der Waals surface area contributed by atoms with Gasteiger partial charge >= 0.3 is 0 Å². The molecule has 1 aromatic heterocycles. The summed E-state index contributed by atoms with van der Waals surface area (Å²) >= 11 is 11.8. The number of alkyl halides is 1. The van der Waals surface area contributed by atoms with Crippen LogP contribution in [0.5, 0.6) is 0 Å². The Morgan fingerprint density at radius 3 is 2.93 bits per heavy atom. The fourth-order valence-electron chi connectivity index (χ4n) is 1.36. The van der Waals surface area contributed by atoms with Crippen LogP contribution in [0.4, 0.5) is 0 Å². The first-order valence-corrected chi connectivity index (χ1v) is 5.82. The SMILES string of the molecule is N#Cc1ccc2scc(CCl)c2c1S. The number of thiophene rings is 1. The molecular formula is C10H6ClNS2.